The van der Waals surface area contributed by atoms with Crippen LogP contribution in [0.25, 0.3) is 0 Å². The van der Waals surface area contributed by atoms with Crippen LogP contribution < -0.4 is 5.32 Å². The van der Waals surface area contributed by atoms with Crippen molar-refractivity contribution in [3.8, 4) is 0 Å². The largest absolute Gasteiger partial charge is 0.480 e. The fraction of sp³-hybridized carbons (Fsp3) is 0.348. The van der Waals surface area contributed by atoms with Gasteiger partial charge in [-0.05, 0) is 29.2 Å². The molecule has 0 spiro atoms. The lowest BCUT2D eigenvalue weighted by atomic mass is 10.00. The third kappa shape index (κ3) is 7.09. The summed E-state index contributed by atoms with van der Waals surface area (Å²) in [4.78, 5) is 38.2. The molecule has 0 saturated heterocycles. The topological polar surface area (TPSA) is 95.9 Å². The average Bonchev–Trinajstić information content (AvgIpc) is 2.73. The van der Waals surface area contributed by atoms with Gasteiger partial charge in [0.15, 0.2) is 0 Å². The monoisotopic (exact) mass is 430 g/mol. The normalized spacial score (nSPS) is 12.7. The molecule has 2 unspecified atom stereocenters. The van der Waals surface area contributed by atoms with Crippen LogP contribution in [-0.2, 0) is 27.4 Å². The van der Waals surface area contributed by atoms with Crippen molar-refractivity contribution >= 4 is 18.0 Å². The van der Waals surface area contributed by atoms with Crippen molar-refractivity contribution in [3.05, 3.63) is 71.5 Å². The first-order valence-electron chi connectivity index (χ1n) is 9.90. The van der Waals surface area contributed by atoms with Crippen molar-refractivity contribution in [2.75, 3.05) is 7.05 Å². The first kappa shape index (κ1) is 23.9. The van der Waals surface area contributed by atoms with Gasteiger partial charge in [-0.1, -0.05) is 56.3 Å². The highest BCUT2D eigenvalue weighted by molar-refractivity contribution is 5.89. The van der Waals surface area contributed by atoms with Crippen molar-refractivity contribution in [2.24, 2.45) is 5.92 Å². The Kier molecular flexibility index (Phi) is 8.54. The maximum Gasteiger partial charge on any atom is 0.408 e. The van der Waals surface area contributed by atoms with E-state index in [1.807, 2.05) is 18.2 Å². The maximum atomic E-state index is 13.2. The van der Waals surface area contributed by atoms with Gasteiger partial charge in [-0.2, -0.15) is 0 Å². The number of nitrogens with zero attached hydrogens (tertiary/aromatic N) is 1. The summed E-state index contributed by atoms with van der Waals surface area (Å²) < 4.78 is 18.4. The van der Waals surface area contributed by atoms with E-state index in [0.29, 0.717) is 5.56 Å². The number of carbonyl (C=O) groups is 3. The molecule has 7 nitrogen and oxygen atoms in total. The predicted octanol–water partition coefficient (Wildman–Crippen LogP) is 3.23. The Morgan fingerprint density at radius 3 is 2.19 bits per heavy atom. The number of alkyl carbamates (subject to hydrolysis) is 1. The van der Waals surface area contributed by atoms with Gasteiger partial charge in [0, 0.05) is 13.5 Å². The van der Waals surface area contributed by atoms with Crippen LogP contribution in [0.15, 0.2) is 54.6 Å². The van der Waals surface area contributed by atoms with Crippen LogP contribution >= 0.6 is 0 Å². The summed E-state index contributed by atoms with van der Waals surface area (Å²) in [6, 6.07) is 12.4. The van der Waals surface area contributed by atoms with E-state index in [0.717, 1.165) is 10.5 Å². The molecule has 0 aliphatic rings. The Morgan fingerprint density at radius 1 is 1.03 bits per heavy atom. The smallest absolute Gasteiger partial charge is 0.408 e. The number of carbonyl (C=O) groups excluding carboxylic acids is 2. The number of nitrogens with one attached hydrogen (secondary N) is 1. The van der Waals surface area contributed by atoms with Crippen molar-refractivity contribution < 1.29 is 28.6 Å². The molecule has 0 aliphatic heterocycles. The van der Waals surface area contributed by atoms with Gasteiger partial charge in [0.25, 0.3) is 0 Å². The third-order valence-corrected chi connectivity index (χ3v) is 4.81. The quantitative estimate of drug-likeness (QED) is 0.637. The molecular weight excluding hydrogens is 403 g/mol. The van der Waals surface area contributed by atoms with Crippen molar-refractivity contribution in [2.45, 2.75) is 39.0 Å². The Balaban J connectivity index is 2.16. The SMILES string of the molecule is CC(C)C(C(=O)O)N(C)C(=O)C(Cc1ccc(F)cc1)NC(=O)OCc1ccccc1. The molecule has 31 heavy (non-hydrogen) atoms. The molecule has 8 heteroatoms. The Labute approximate surface area is 180 Å². The van der Waals surface area contributed by atoms with Gasteiger partial charge in [-0.25, -0.2) is 14.0 Å². The minimum atomic E-state index is -1.14. The highest BCUT2D eigenvalue weighted by Gasteiger charge is 2.34. The molecule has 2 aromatic carbocycles. The first-order valence-corrected chi connectivity index (χ1v) is 9.90. The zero-order valence-electron chi connectivity index (χ0n) is 17.7. The molecule has 0 bridgehead atoms. The second kappa shape index (κ2) is 11.1. The van der Waals surface area contributed by atoms with Crippen LogP contribution in [0, 0.1) is 11.7 Å². The van der Waals surface area contributed by atoms with E-state index in [4.69, 9.17) is 4.74 Å². The van der Waals surface area contributed by atoms with Gasteiger partial charge in [-0.3, -0.25) is 4.79 Å². The molecule has 0 fully saturated rings. The average molecular weight is 430 g/mol. The highest BCUT2D eigenvalue weighted by Crippen LogP contribution is 2.14. The van der Waals surface area contributed by atoms with E-state index in [2.05, 4.69) is 5.32 Å². The summed E-state index contributed by atoms with van der Waals surface area (Å²) in [7, 11) is 1.38. The lowest BCUT2D eigenvalue weighted by molar-refractivity contribution is -0.151. The van der Waals surface area contributed by atoms with E-state index in [1.54, 1.807) is 26.0 Å². The van der Waals surface area contributed by atoms with Gasteiger partial charge in [0.1, 0.15) is 24.5 Å². The molecule has 0 aromatic heterocycles. The lowest BCUT2D eigenvalue weighted by Crippen LogP contribution is -2.54. The van der Waals surface area contributed by atoms with Crippen molar-refractivity contribution in [3.63, 3.8) is 0 Å². The first-order chi connectivity index (χ1) is 14.7. The van der Waals surface area contributed by atoms with Crippen LogP contribution in [0.4, 0.5) is 9.18 Å². The number of rotatable bonds is 9. The molecule has 0 radical (unpaired) electrons. The summed E-state index contributed by atoms with van der Waals surface area (Å²) in [5.41, 5.74) is 1.38. The van der Waals surface area contributed by atoms with E-state index < -0.39 is 35.9 Å². The van der Waals surface area contributed by atoms with E-state index in [9.17, 15) is 23.9 Å². The van der Waals surface area contributed by atoms with Gasteiger partial charge in [0.2, 0.25) is 5.91 Å². The number of ether oxygens (including phenoxy) is 1. The fourth-order valence-corrected chi connectivity index (χ4v) is 3.24. The molecule has 2 rings (SSSR count). The summed E-state index contributed by atoms with van der Waals surface area (Å²) in [6.45, 7) is 3.40. The number of likely N-dealkylation sites (N-methyl/N-ethyl adjacent to an activating group) is 1. The number of carboxylic acid groups (broad SMARTS) is 1. The number of amides is 2. The summed E-state index contributed by atoms with van der Waals surface area (Å²) in [5, 5.41) is 12.0. The zero-order valence-corrected chi connectivity index (χ0v) is 17.7. The van der Waals surface area contributed by atoms with Crippen LogP contribution in [0.3, 0.4) is 0 Å². The summed E-state index contributed by atoms with van der Waals surface area (Å²) >= 11 is 0. The molecule has 166 valence electrons. The molecule has 2 N–H and O–H groups in total. The molecule has 2 amide bonds. The van der Waals surface area contributed by atoms with E-state index in [-0.39, 0.29) is 18.9 Å². The maximum absolute atomic E-state index is 13.2. The minimum absolute atomic E-state index is 0.0176. The molecule has 0 heterocycles. The number of hydrogen-bond donors (Lipinski definition) is 2. The van der Waals surface area contributed by atoms with Gasteiger partial charge >= 0.3 is 12.1 Å². The van der Waals surface area contributed by atoms with Crippen molar-refractivity contribution in [1.29, 1.82) is 0 Å². The van der Waals surface area contributed by atoms with Crippen LogP contribution in [-0.4, -0.2) is 47.1 Å². The number of benzene rings is 2. The number of aliphatic carboxylic acids is 1. The Hall–Kier alpha value is -3.42. The fourth-order valence-electron chi connectivity index (χ4n) is 3.24. The van der Waals surface area contributed by atoms with Gasteiger partial charge < -0.3 is 20.1 Å². The summed E-state index contributed by atoms with van der Waals surface area (Å²) in [5.74, 6) is -2.49. The van der Waals surface area contributed by atoms with E-state index >= 15 is 0 Å². The number of halogens is 1. The van der Waals surface area contributed by atoms with Gasteiger partial charge in [-0.15, -0.1) is 0 Å². The van der Waals surface area contributed by atoms with Crippen LogP contribution in [0.2, 0.25) is 0 Å². The second-order valence-corrected chi connectivity index (χ2v) is 7.57. The van der Waals surface area contributed by atoms with Gasteiger partial charge in [0.05, 0.1) is 0 Å². The van der Waals surface area contributed by atoms with Crippen LogP contribution in [0.1, 0.15) is 25.0 Å². The molecule has 2 atom stereocenters. The molecule has 2 aromatic rings. The Morgan fingerprint density at radius 2 is 1.65 bits per heavy atom. The number of carboxylic acids is 1. The standard InChI is InChI=1S/C23H27FN2O5/c1-15(2)20(22(28)29)26(3)21(27)19(13-16-9-11-18(24)12-10-16)25-23(30)31-14-17-7-5-4-6-8-17/h4-12,15,19-20H,13-14H2,1-3H3,(H,25,30)(H,28,29). The zero-order chi connectivity index (χ0) is 23.0. The molecule has 0 aliphatic carbocycles. The predicted molar refractivity (Wildman–Crippen MR) is 113 cm³/mol. The highest BCUT2D eigenvalue weighted by atomic mass is 19.1. The summed E-state index contributed by atoms with van der Waals surface area (Å²) in [6.07, 6.45) is -0.761. The Bertz CT molecular complexity index is 887. The number of hydrogen-bond acceptors (Lipinski definition) is 4. The lowest BCUT2D eigenvalue weighted by Gasteiger charge is -2.31. The van der Waals surface area contributed by atoms with Crippen LogP contribution in [0.5, 0.6) is 0 Å². The second-order valence-electron chi connectivity index (χ2n) is 7.57. The molecule has 0 saturated carbocycles. The van der Waals surface area contributed by atoms with Crippen molar-refractivity contribution in [1.82, 2.24) is 10.2 Å². The minimum Gasteiger partial charge on any atom is -0.480 e. The van der Waals surface area contributed by atoms with E-state index in [1.165, 1.54) is 31.3 Å². The third-order valence-electron chi connectivity index (χ3n) is 4.81. The molecular formula is C23H27FN2O5.